The van der Waals surface area contributed by atoms with Gasteiger partial charge in [0.1, 0.15) is 0 Å². The first-order chi connectivity index (χ1) is 12.7. The number of carbonyl (C=O) groups is 2. The van der Waals surface area contributed by atoms with Crippen LogP contribution in [0.4, 0.5) is 0 Å². The van der Waals surface area contributed by atoms with Crippen LogP contribution in [0.3, 0.4) is 0 Å². The summed E-state index contributed by atoms with van der Waals surface area (Å²) in [6, 6.07) is 0. The quantitative estimate of drug-likeness (QED) is 0.292. The van der Waals surface area contributed by atoms with Gasteiger partial charge in [0.15, 0.2) is 0 Å². The molecule has 0 amide bonds. The Morgan fingerprint density at radius 1 is 0.593 bits per heavy atom. The Morgan fingerprint density at radius 3 is 1.26 bits per heavy atom. The van der Waals surface area contributed by atoms with Crippen LogP contribution in [0.25, 0.3) is 0 Å². The smallest absolute Gasteiger partial charge is 0.311 e. The molecule has 0 N–H and O–H groups in total. The first-order valence-electron chi connectivity index (χ1n) is 9.99. The molecule has 0 atom stereocenters. The van der Waals surface area contributed by atoms with Crippen molar-refractivity contribution in [3.8, 4) is 0 Å². The highest BCUT2D eigenvalue weighted by molar-refractivity contribution is 5.76. The average molecular weight is 389 g/mol. The maximum atomic E-state index is 11.6. The summed E-state index contributed by atoms with van der Waals surface area (Å²) >= 11 is 0. The summed E-state index contributed by atoms with van der Waals surface area (Å²) in [6.07, 6.45) is 6.26. The molecule has 0 aliphatic carbocycles. The first kappa shape index (κ1) is 25.9. The Kier molecular flexibility index (Phi) is 13.4. The number of rotatable bonds is 16. The zero-order valence-corrected chi connectivity index (χ0v) is 18.2. The highest BCUT2D eigenvalue weighted by atomic mass is 16.5. The number of ether oxygens (including phenoxy) is 4. The van der Waals surface area contributed by atoms with Gasteiger partial charge in [-0.15, -0.1) is 0 Å². The topological polar surface area (TPSA) is 71.1 Å². The SMILES string of the molecule is COC(=O)C(C)(C)CCCCOCCCOCCCCC(C)(C)C(=O)OC. The second-order valence-electron chi connectivity index (χ2n) is 8.24. The van der Waals surface area contributed by atoms with E-state index in [4.69, 9.17) is 18.9 Å². The van der Waals surface area contributed by atoms with Crippen molar-refractivity contribution in [2.75, 3.05) is 40.6 Å². The van der Waals surface area contributed by atoms with Gasteiger partial charge in [-0.05, 0) is 59.8 Å². The van der Waals surface area contributed by atoms with Crippen LogP contribution in [0.2, 0.25) is 0 Å². The van der Waals surface area contributed by atoms with Gasteiger partial charge in [-0.1, -0.05) is 12.8 Å². The largest absolute Gasteiger partial charge is 0.469 e. The van der Waals surface area contributed by atoms with Crippen molar-refractivity contribution in [1.82, 2.24) is 0 Å². The minimum absolute atomic E-state index is 0.158. The summed E-state index contributed by atoms with van der Waals surface area (Å²) in [7, 11) is 2.86. The van der Waals surface area contributed by atoms with Crippen LogP contribution in [0.15, 0.2) is 0 Å². The summed E-state index contributed by atoms with van der Waals surface area (Å²) in [5.41, 5.74) is -0.844. The van der Waals surface area contributed by atoms with E-state index in [0.29, 0.717) is 26.4 Å². The third kappa shape index (κ3) is 12.0. The van der Waals surface area contributed by atoms with Crippen molar-refractivity contribution in [2.45, 2.75) is 72.6 Å². The van der Waals surface area contributed by atoms with Crippen LogP contribution < -0.4 is 0 Å². The lowest BCUT2D eigenvalue weighted by molar-refractivity contribution is -0.151. The van der Waals surface area contributed by atoms with Gasteiger partial charge in [0, 0.05) is 26.4 Å². The van der Waals surface area contributed by atoms with Crippen molar-refractivity contribution in [2.24, 2.45) is 10.8 Å². The van der Waals surface area contributed by atoms with E-state index in [1.165, 1.54) is 14.2 Å². The molecule has 0 heterocycles. The molecule has 0 saturated heterocycles. The maximum Gasteiger partial charge on any atom is 0.311 e. The predicted molar refractivity (Wildman–Crippen MR) is 106 cm³/mol. The Balaban J connectivity index is 3.44. The number of carbonyl (C=O) groups excluding carboxylic acids is 2. The first-order valence-corrected chi connectivity index (χ1v) is 9.99. The molecule has 0 aliphatic rings. The van der Waals surface area contributed by atoms with Gasteiger partial charge in [-0.3, -0.25) is 9.59 Å². The zero-order valence-electron chi connectivity index (χ0n) is 18.2. The molecular weight excluding hydrogens is 348 g/mol. The Bertz CT molecular complexity index is 379. The number of methoxy groups -OCH3 is 2. The van der Waals surface area contributed by atoms with E-state index in [1.54, 1.807) is 0 Å². The predicted octanol–water partition coefficient (Wildman–Crippen LogP) is 4.15. The summed E-state index contributed by atoms with van der Waals surface area (Å²) in [6.45, 7) is 10.4. The summed E-state index contributed by atoms with van der Waals surface area (Å²) < 4.78 is 20.8. The summed E-state index contributed by atoms with van der Waals surface area (Å²) in [4.78, 5) is 23.1. The maximum absolute atomic E-state index is 11.6. The average Bonchev–Trinajstić information content (AvgIpc) is 2.63. The standard InChI is InChI=1S/C21H40O6/c1-20(2,18(22)24-5)12-7-9-14-26-16-11-17-27-15-10-8-13-21(3,4)19(23)25-6/h7-17H2,1-6H3. The zero-order chi connectivity index (χ0) is 20.8. The molecule has 0 rings (SSSR count). The van der Waals surface area contributed by atoms with Gasteiger partial charge in [0.25, 0.3) is 0 Å². The van der Waals surface area contributed by atoms with E-state index in [0.717, 1.165) is 44.9 Å². The van der Waals surface area contributed by atoms with Gasteiger partial charge >= 0.3 is 11.9 Å². The molecule has 0 aromatic rings. The molecule has 160 valence electrons. The lowest BCUT2D eigenvalue weighted by Crippen LogP contribution is -2.25. The highest BCUT2D eigenvalue weighted by Gasteiger charge is 2.28. The molecule has 0 radical (unpaired) electrons. The fourth-order valence-electron chi connectivity index (χ4n) is 2.77. The van der Waals surface area contributed by atoms with Crippen LogP contribution in [0, 0.1) is 10.8 Å². The van der Waals surface area contributed by atoms with Crippen molar-refractivity contribution >= 4 is 11.9 Å². The van der Waals surface area contributed by atoms with E-state index in [9.17, 15) is 9.59 Å². The van der Waals surface area contributed by atoms with E-state index in [1.807, 2.05) is 27.7 Å². The second-order valence-corrected chi connectivity index (χ2v) is 8.24. The fraction of sp³-hybridized carbons (Fsp3) is 0.905. The monoisotopic (exact) mass is 388 g/mol. The van der Waals surface area contributed by atoms with Crippen LogP contribution >= 0.6 is 0 Å². The number of hydrogen-bond donors (Lipinski definition) is 0. The van der Waals surface area contributed by atoms with Gasteiger partial charge in [-0.25, -0.2) is 0 Å². The molecule has 0 bridgehead atoms. The summed E-state index contributed by atoms with van der Waals surface area (Å²) in [5.74, 6) is -0.316. The van der Waals surface area contributed by atoms with Crippen molar-refractivity contribution < 1.29 is 28.5 Å². The van der Waals surface area contributed by atoms with E-state index in [-0.39, 0.29) is 11.9 Å². The van der Waals surface area contributed by atoms with Crippen LogP contribution in [0.1, 0.15) is 72.6 Å². The minimum Gasteiger partial charge on any atom is -0.469 e. The number of hydrogen-bond acceptors (Lipinski definition) is 6. The van der Waals surface area contributed by atoms with Gasteiger partial charge in [0.2, 0.25) is 0 Å². The molecule has 6 nitrogen and oxygen atoms in total. The lowest BCUT2D eigenvalue weighted by Gasteiger charge is -2.21. The van der Waals surface area contributed by atoms with E-state index >= 15 is 0 Å². The molecule has 0 saturated carbocycles. The fourth-order valence-corrected chi connectivity index (χ4v) is 2.77. The van der Waals surface area contributed by atoms with E-state index in [2.05, 4.69) is 0 Å². The van der Waals surface area contributed by atoms with Gasteiger partial charge in [-0.2, -0.15) is 0 Å². The molecule has 0 aromatic carbocycles. The third-order valence-electron chi connectivity index (χ3n) is 4.73. The number of unbranched alkanes of at least 4 members (excludes halogenated alkanes) is 2. The highest BCUT2D eigenvalue weighted by Crippen LogP contribution is 2.25. The third-order valence-corrected chi connectivity index (χ3v) is 4.73. The molecule has 0 aromatic heterocycles. The van der Waals surface area contributed by atoms with Crippen LogP contribution in [-0.4, -0.2) is 52.6 Å². The van der Waals surface area contributed by atoms with Gasteiger partial charge in [0.05, 0.1) is 25.0 Å². The lowest BCUT2D eigenvalue weighted by atomic mass is 9.87. The normalized spacial score (nSPS) is 12.1. The molecule has 0 fully saturated rings. The minimum atomic E-state index is -0.422. The van der Waals surface area contributed by atoms with Crippen LogP contribution in [0.5, 0.6) is 0 Å². The molecule has 6 heteroatoms. The second kappa shape index (κ2) is 13.9. The Hall–Kier alpha value is -1.14. The molecule has 27 heavy (non-hydrogen) atoms. The Morgan fingerprint density at radius 2 is 0.926 bits per heavy atom. The molecular formula is C21H40O6. The van der Waals surface area contributed by atoms with E-state index < -0.39 is 10.8 Å². The molecule has 0 spiro atoms. The number of esters is 2. The van der Waals surface area contributed by atoms with Crippen LogP contribution in [-0.2, 0) is 28.5 Å². The Labute approximate surface area is 165 Å². The summed E-state index contributed by atoms with van der Waals surface area (Å²) in [5, 5.41) is 0. The van der Waals surface area contributed by atoms with Crippen molar-refractivity contribution in [3.05, 3.63) is 0 Å². The van der Waals surface area contributed by atoms with Crippen molar-refractivity contribution in [3.63, 3.8) is 0 Å². The van der Waals surface area contributed by atoms with Crippen molar-refractivity contribution in [1.29, 1.82) is 0 Å². The van der Waals surface area contributed by atoms with Gasteiger partial charge < -0.3 is 18.9 Å². The molecule has 0 unspecified atom stereocenters. The molecule has 0 aliphatic heterocycles.